The van der Waals surface area contributed by atoms with Crippen molar-refractivity contribution in [3.8, 4) is 0 Å². The van der Waals surface area contributed by atoms with Gasteiger partial charge < -0.3 is 14.2 Å². The molecule has 0 saturated carbocycles. The van der Waals surface area contributed by atoms with Crippen LogP contribution in [0.2, 0.25) is 0 Å². The van der Waals surface area contributed by atoms with Crippen LogP contribution in [-0.2, 0) is 14.2 Å². The van der Waals surface area contributed by atoms with Crippen molar-refractivity contribution in [2.24, 2.45) is 11.3 Å². The van der Waals surface area contributed by atoms with Gasteiger partial charge in [-0.2, -0.15) is 0 Å². The Morgan fingerprint density at radius 1 is 0.958 bits per heavy atom. The average molecular weight is 343 g/mol. The zero-order valence-electron chi connectivity index (χ0n) is 16.8. The number of hydrogen-bond donors (Lipinski definition) is 0. The van der Waals surface area contributed by atoms with E-state index in [1.54, 1.807) is 0 Å². The summed E-state index contributed by atoms with van der Waals surface area (Å²) in [7, 11) is 0. The molecule has 2 unspecified atom stereocenters. The first-order chi connectivity index (χ1) is 11.6. The number of epoxide rings is 1. The molecule has 1 aliphatic rings. The molecule has 1 fully saturated rings. The average Bonchev–Trinajstić information content (AvgIpc) is 3.38. The van der Waals surface area contributed by atoms with Crippen molar-refractivity contribution < 1.29 is 14.2 Å². The van der Waals surface area contributed by atoms with Gasteiger partial charge in [-0.05, 0) is 37.5 Å². The molecule has 1 heterocycles. The Hall–Kier alpha value is -0.120. The van der Waals surface area contributed by atoms with Gasteiger partial charge in [-0.3, -0.25) is 0 Å². The predicted octanol–water partition coefficient (Wildman–Crippen LogP) is 5.61. The normalized spacial score (nSPS) is 18.8. The lowest BCUT2D eigenvalue weighted by Gasteiger charge is -2.34. The first-order valence-corrected chi connectivity index (χ1v) is 10.4. The van der Waals surface area contributed by atoms with Gasteiger partial charge in [0.2, 0.25) is 0 Å². The second-order valence-corrected chi connectivity index (χ2v) is 8.05. The fourth-order valence-electron chi connectivity index (χ4n) is 3.39. The highest BCUT2D eigenvalue weighted by molar-refractivity contribution is 4.78. The molecule has 0 bridgehead atoms. The molecule has 1 saturated heterocycles. The summed E-state index contributed by atoms with van der Waals surface area (Å²) in [5.74, 6) is 0.732. The first kappa shape index (κ1) is 21.9. The summed E-state index contributed by atoms with van der Waals surface area (Å²) in [5.41, 5.74) is 0.263. The van der Waals surface area contributed by atoms with Gasteiger partial charge in [0.15, 0.2) is 0 Å². The minimum Gasteiger partial charge on any atom is -0.381 e. The van der Waals surface area contributed by atoms with Crippen molar-refractivity contribution >= 4 is 0 Å². The Balaban J connectivity index is 2.24. The van der Waals surface area contributed by atoms with Gasteiger partial charge >= 0.3 is 0 Å². The second kappa shape index (κ2) is 13.1. The third kappa shape index (κ3) is 10.7. The quantitative estimate of drug-likeness (QED) is 0.254. The van der Waals surface area contributed by atoms with Crippen LogP contribution in [0.25, 0.3) is 0 Å². The SMILES string of the molecule is CCCCCCCCC(CCCOCC1CO1)C(C)(C)COCC. The molecule has 1 aliphatic heterocycles. The zero-order valence-corrected chi connectivity index (χ0v) is 16.8. The minimum atomic E-state index is 0.263. The Labute approximate surface area is 150 Å². The van der Waals surface area contributed by atoms with Crippen LogP contribution in [0.4, 0.5) is 0 Å². The third-order valence-electron chi connectivity index (χ3n) is 5.24. The molecule has 3 nitrogen and oxygen atoms in total. The highest BCUT2D eigenvalue weighted by atomic mass is 16.6. The molecular weight excluding hydrogens is 300 g/mol. The van der Waals surface area contributed by atoms with Crippen LogP contribution in [0, 0.1) is 11.3 Å². The summed E-state index contributed by atoms with van der Waals surface area (Å²) < 4.78 is 16.7. The van der Waals surface area contributed by atoms with Gasteiger partial charge in [0, 0.05) is 13.2 Å². The minimum absolute atomic E-state index is 0.263. The van der Waals surface area contributed by atoms with Gasteiger partial charge in [-0.25, -0.2) is 0 Å². The summed E-state index contributed by atoms with van der Waals surface area (Å²) in [4.78, 5) is 0. The highest BCUT2D eigenvalue weighted by Crippen LogP contribution is 2.35. The molecule has 0 aromatic carbocycles. The van der Waals surface area contributed by atoms with Crippen molar-refractivity contribution in [3.05, 3.63) is 0 Å². The topological polar surface area (TPSA) is 31.0 Å². The van der Waals surface area contributed by atoms with E-state index in [4.69, 9.17) is 14.2 Å². The first-order valence-electron chi connectivity index (χ1n) is 10.4. The van der Waals surface area contributed by atoms with Gasteiger partial charge in [0.05, 0.1) is 19.8 Å². The van der Waals surface area contributed by atoms with Crippen LogP contribution in [0.1, 0.15) is 85.5 Å². The van der Waals surface area contributed by atoms with Gasteiger partial charge in [0.1, 0.15) is 6.10 Å². The fourth-order valence-corrected chi connectivity index (χ4v) is 3.39. The molecule has 0 spiro atoms. The molecule has 24 heavy (non-hydrogen) atoms. The molecule has 0 aromatic heterocycles. The van der Waals surface area contributed by atoms with Crippen LogP contribution in [0.15, 0.2) is 0 Å². The van der Waals surface area contributed by atoms with Gasteiger partial charge in [-0.15, -0.1) is 0 Å². The summed E-state index contributed by atoms with van der Waals surface area (Å²) in [5, 5.41) is 0. The summed E-state index contributed by atoms with van der Waals surface area (Å²) >= 11 is 0. The Morgan fingerprint density at radius 2 is 1.62 bits per heavy atom. The zero-order chi connectivity index (χ0) is 17.7. The van der Waals surface area contributed by atoms with E-state index in [0.717, 1.165) is 45.4 Å². The smallest absolute Gasteiger partial charge is 0.104 e. The van der Waals surface area contributed by atoms with Crippen molar-refractivity contribution in [2.45, 2.75) is 91.6 Å². The molecule has 144 valence electrons. The van der Waals surface area contributed by atoms with Crippen LogP contribution >= 0.6 is 0 Å². The molecule has 0 aliphatic carbocycles. The van der Waals surface area contributed by atoms with Gasteiger partial charge in [0.25, 0.3) is 0 Å². The second-order valence-electron chi connectivity index (χ2n) is 8.05. The molecule has 0 aromatic rings. The molecule has 0 N–H and O–H groups in total. The van der Waals surface area contributed by atoms with E-state index in [9.17, 15) is 0 Å². The molecule has 0 amide bonds. The van der Waals surface area contributed by atoms with Crippen LogP contribution < -0.4 is 0 Å². The molecule has 1 rings (SSSR count). The van der Waals surface area contributed by atoms with E-state index < -0.39 is 0 Å². The lowest BCUT2D eigenvalue weighted by Crippen LogP contribution is -2.30. The standard InChI is InChI=1S/C21H42O3/c1-5-7-8-9-10-11-13-19(21(3,4)18-22-6-2)14-12-15-23-16-20-17-24-20/h19-20H,5-18H2,1-4H3. The maximum absolute atomic E-state index is 5.76. The van der Waals surface area contributed by atoms with E-state index in [2.05, 4.69) is 27.7 Å². The predicted molar refractivity (Wildman–Crippen MR) is 102 cm³/mol. The Bertz CT molecular complexity index is 287. The largest absolute Gasteiger partial charge is 0.381 e. The molecule has 3 heteroatoms. The van der Waals surface area contributed by atoms with Crippen molar-refractivity contribution in [1.29, 1.82) is 0 Å². The highest BCUT2D eigenvalue weighted by Gasteiger charge is 2.29. The Morgan fingerprint density at radius 3 is 2.29 bits per heavy atom. The van der Waals surface area contributed by atoms with Crippen molar-refractivity contribution in [2.75, 3.05) is 33.0 Å². The maximum atomic E-state index is 5.76. The van der Waals surface area contributed by atoms with Gasteiger partial charge in [-0.1, -0.05) is 59.3 Å². The van der Waals surface area contributed by atoms with E-state index >= 15 is 0 Å². The maximum Gasteiger partial charge on any atom is 0.104 e. The summed E-state index contributed by atoms with van der Waals surface area (Å²) in [6.45, 7) is 13.4. The number of ether oxygens (including phenoxy) is 3. The van der Waals surface area contributed by atoms with Crippen LogP contribution in [0.5, 0.6) is 0 Å². The van der Waals surface area contributed by atoms with Crippen molar-refractivity contribution in [3.63, 3.8) is 0 Å². The van der Waals surface area contributed by atoms with E-state index in [1.807, 2.05) is 0 Å². The van der Waals surface area contributed by atoms with Crippen LogP contribution in [-0.4, -0.2) is 39.1 Å². The number of rotatable bonds is 17. The summed E-state index contributed by atoms with van der Waals surface area (Å²) in [6, 6.07) is 0. The third-order valence-corrected chi connectivity index (χ3v) is 5.24. The fraction of sp³-hybridized carbons (Fsp3) is 1.00. The number of unbranched alkanes of at least 4 members (excludes halogenated alkanes) is 5. The monoisotopic (exact) mass is 342 g/mol. The summed E-state index contributed by atoms with van der Waals surface area (Å²) in [6.07, 6.45) is 12.4. The Kier molecular flexibility index (Phi) is 12.0. The molecular formula is C21H42O3. The molecule has 0 radical (unpaired) electrons. The lowest BCUT2D eigenvalue weighted by atomic mass is 9.74. The number of hydrogen-bond acceptors (Lipinski definition) is 3. The van der Waals surface area contributed by atoms with E-state index in [1.165, 1.54) is 51.4 Å². The van der Waals surface area contributed by atoms with E-state index in [0.29, 0.717) is 6.10 Å². The molecule has 2 atom stereocenters. The van der Waals surface area contributed by atoms with Crippen LogP contribution in [0.3, 0.4) is 0 Å². The van der Waals surface area contributed by atoms with Crippen molar-refractivity contribution in [1.82, 2.24) is 0 Å². The lowest BCUT2D eigenvalue weighted by molar-refractivity contribution is 0.0232. The van der Waals surface area contributed by atoms with E-state index in [-0.39, 0.29) is 5.41 Å².